The molecule has 1 fully saturated rings. The topological polar surface area (TPSA) is 134 Å². The van der Waals surface area contributed by atoms with E-state index in [1.54, 1.807) is 12.1 Å². The number of aryl methyl sites for hydroxylation is 2. The van der Waals surface area contributed by atoms with Crippen molar-refractivity contribution in [2.45, 2.75) is 50.5 Å². The Kier molecular flexibility index (Phi) is 6.25. The summed E-state index contributed by atoms with van der Waals surface area (Å²) in [5.74, 6) is -0.583. The first-order valence-corrected chi connectivity index (χ1v) is 10.6. The molecule has 2 heterocycles. The van der Waals surface area contributed by atoms with Crippen molar-refractivity contribution in [3.63, 3.8) is 0 Å². The van der Waals surface area contributed by atoms with Gasteiger partial charge in [0.15, 0.2) is 0 Å². The molecule has 1 aromatic carbocycles. The molecule has 0 saturated carbocycles. The second kappa shape index (κ2) is 8.54. The molecule has 3 atom stereocenters. The Hall–Kier alpha value is -2.76. The molecule has 0 spiro atoms. The first-order chi connectivity index (χ1) is 14.1. The molecule has 10 nitrogen and oxygen atoms in total. The monoisotopic (exact) mass is 438 g/mol. The van der Waals surface area contributed by atoms with Gasteiger partial charge in [-0.05, 0) is 26.0 Å². The predicted molar refractivity (Wildman–Crippen MR) is 104 cm³/mol. The molecule has 0 amide bonds. The van der Waals surface area contributed by atoms with Crippen molar-refractivity contribution in [2.75, 3.05) is 6.61 Å². The molecular weight excluding hydrogens is 416 g/mol. The van der Waals surface area contributed by atoms with E-state index >= 15 is 0 Å². The summed E-state index contributed by atoms with van der Waals surface area (Å²) in [5, 5.41) is 0. The number of carbonyl (C=O) groups is 1. The summed E-state index contributed by atoms with van der Waals surface area (Å²) in [4.78, 5) is 37.3. The van der Waals surface area contributed by atoms with Crippen molar-refractivity contribution < 1.29 is 26.9 Å². The fourth-order valence-electron chi connectivity index (χ4n) is 3.09. The van der Waals surface area contributed by atoms with Crippen LogP contribution in [0.2, 0.25) is 0 Å². The van der Waals surface area contributed by atoms with Gasteiger partial charge < -0.3 is 9.47 Å². The number of hydrogen-bond donors (Lipinski definition) is 1. The maximum absolute atomic E-state index is 12.4. The Balaban J connectivity index is 1.79. The lowest BCUT2D eigenvalue weighted by Gasteiger charge is -2.18. The molecule has 162 valence electrons. The van der Waals surface area contributed by atoms with E-state index in [1.165, 1.54) is 36.7 Å². The lowest BCUT2D eigenvalue weighted by molar-refractivity contribution is -0.150. The van der Waals surface area contributed by atoms with Gasteiger partial charge in [0.2, 0.25) is 0 Å². The smallest absolute Gasteiger partial charge is 0.330 e. The SMILES string of the molecule is CC(=O)OC1C[C@H](n2cc(C)c(=O)[nH]c2=O)O[C@@H]1COS(=O)(=O)c1ccc(C)cc1. The fourth-order valence-corrected chi connectivity index (χ4v) is 4.01. The third-order valence-electron chi connectivity index (χ3n) is 4.65. The van der Waals surface area contributed by atoms with Gasteiger partial charge in [-0.1, -0.05) is 17.7 Å². The molecular formula is C19H22N2O8S. The summed E-state index contributed by atoms with van der Waals surface area (Å²) in [6, 6.07) is 6.14. The van der Waals surface area contributed by atoms with Crippen LogP contribution in [0.25, 0.3) is 0 Å². The number of hydrogen-bond acceptors (Lipinski definition) is 8. The molecule has 2 aromatic rings. The van der Waals surface area contributed by atoms with E-state index in [1.807, 2.05) is 6.92 Å². The van der Waals surface area contributed by atoms with Crippen molar-refractivity contribution in [3.8, 4) is 0 Å². The van der Waals surface area contributed by atoms with Crippen molar-refractivity contribution in [2.24, 2.45) is 0 Å². The van der Waals surface area contributed by atoms with Gasteiger partial charge >= 0.3 is 11.7 Å². The minimum atomic E-state index is -4.06. The van der Waals surface area contributed by atoms with E-state index in [-0.39, 0.29) is 11.3 Å². The Morgan fingerprint density at radius 3 is 2.53 bits per heavy atom. The minimum absolute atomic E-state index is 0.0147. The third kappa shape index (κ3) is 4.86. The number of aromatic nitrogens is 2. The van der Waals surface area contributed by atoms with Crippen LogP contribution >= 0.6 is 0 Å². The standard InChI is InChI=1S/C19H22N2O8S/c1-11-4-6-14(7-5-11)30(25,26)27-10-16-15(28-13(3)22)8-17(29-16)21-9-12(2)18(23)20-19(21)24/h4-7,9,15-17H,8,10H2,1-3H3,(H,20,23,24)/t15?,16-,17-/m1/s1. The summed E-state index contributed by atoms with van der Waals surface area (Å²) in [7, 11) is -4.06. The van der Waals surface area contributed by atoms with E-state index in [9.17, 15) is 22.8 Å². The zero-order valence-electron chi connectivity index (χ0n) is 16.7. The van der Waals surface area contributed by atoms with Crippen LogP contribution in [0.1, 0.15) is 30.7 Å². The number of H-pyrrole nitrogens is 1. The van der Waals surface area contributed by atoms with Gasteiger partial charge in [-0.2, -0.15) is 8.42 Å². The Bertz CT molecular complexity index is 1150. The van der Waals surface area contributed by atoms with E-state index in [4.69, 9.17) is 13.7 Å². The number of nitrogens with one attached hydrogen (secondary N) is 1. The zero-order chi connectivity index (χ0) is 22.1. The van der Waals surface area contributed by atoms with Gasteiger partial charge in [0.25, 0.3) is 15.7 Å². The van der Waals surface area contributed by atoms with E-state index in [2.05, 4.69) is 4.98 Å². The van der Waals surface area contributed by atoms with Crippen LogP contribution in [0.4, 0.5) is 0 Å². The van der Waals surface area contributed by atoms with Gasteiger partial charge in [-0.15, -0.1) is 0 Å². The van der Waals surface area contributed by atoms with Gasteiger partial charge in [0.1, 0.15) is 18.4 Å². The molecule has 30 heavy (non-hydrogen) atoms. The first kappa shape index (κ1) is 21.9. The largest absolute Gasteiger partial charge is 0.460 e. The molecule has 0 radical (unpaired) electrons. The summed E-state index contributed by atoms with van der Waals surface area (Å²) in [6.07, 6.45) is -1.21. The number of benzene rings is 1. The van der Waals surface area contributed by atoms with Crippen LogP contribution in [0.5, 0.6) is 0 Å². The number of nitrogens with zero attached hydrogens (tertiary/aromatic N) is 1. The first-order valence-electron chi connectivity index (χ1n) is 9.17. The van der Waals surface area contributed by atoms with Crippen LogP contribution in [0.15, 0.2) is 44.9 Å². The third-order valence-corrected chi connectivity index (χ3v) is 5.95. The van der Waals surface area contributed by atoms with Crippen molar-refractivity contribution >= 4 is 16.1 Å². The molecule has 0 aliphatic carbocycles. The van der Waals surface area contributed by atoms with Crippen LogP contribution in [0, 0.1) is 13.8 Å². The lowest BCUT2D eigenvalue weighted by atomic mass is 10.2. The Morgan fingerprint density at radius 1 is 1.23 bits per heavy atom. The van der Waals surface area contributed by atoms with Gasteiger partial charge in [-0.3, -0.25) is 23.3 Å². The second-order valence-electron chi connectivity index (χ2n) is 7.04. The van der Waals surface area contributed by atoms with Crippen LogP contribution in [-0.2, 0) is 28.6 Å². The molecule has 0 bridgehead atoms. The average molecular weight is 438 g/mol. The van der Waals surface area contributed by atoms with Gasteiger partial charge in [-0.25, -0.2) is 4.79 Å². The van der Waals surface area contributed by atoms with Crippen LogP contribution in [0.3, 0.4) is 0 Å². The fraction of sp³-hybridized carbons (Fsp3) is 0.421. The average Bonchev–Trinajstić information content (AvgIpc) is 3.05. The summed E-state index contributed by atoms with van der Waals surface area (Å²) in [6.45, 7) is 4.16. The van der Waals surface area contributed by atoms with Crippen LogP contribution in [-0.4, -0.2) is 42.8 Å². The maximum Gasteiger partial charge on any atom is 0.330 e. The molecule has 1 unspecified atom stereocenters. The summed E-state index contributed by atoms with van der Waals surface area (Å²) >= 11 is 0. The van der Waals surface area contributed by atoms with Gasteiger partial charge in [0.05, 0.1) is 11.5 Å². The molecule has 1 saturated heterocycles. The quantitative estimate of drug-likeness (QED) is 0.517. The molecule has 1 aliphatic heterocycles. The van der Waals surface area contributed by atoms with Crippen molar-refractivity contribution in [1.82, 2.24) is 9.55 Å². The highest BCUT2D eigenvalue weighted by molar-refractivity contribution is 7.86. The highest BCUT2D eigenvalue weighted by atomic mass is 32.2. The zero-order valence-corrected chi connectivity index (χ0v) is 17.5. The Morgan fingerprint density at radius 2 is 1.90 bits per heavy atom. The number of aromatic amines is 1. The van der Waals surface area contributed by atoms with E-state index in [0.717, 1.165) is 5.56 Å². The lowest BCUT2D eigenvalue weighted by Crippen LogP contribution is -2.33. The van der Waals surface area contributed by atoms with Crippen molar-refractivity contribution in [3.05, 3.63) is 62.4 Å². The number of ether oxygens (including phenoxy) is 2. The highest BCUT2D eigenvalue weighted by Gasteiger charge is 2.40. The minimum Gasteiger partial charge on any atom is -0.460 e. The maximum atomic E-state index is 12.4. The van der Waals surface area contributed by atoms with E-state index < -0.39 is 52.4 Å². The van der Waals surface area contributed by atoms with Gasteiger partial charge in [0, 0.05) is 25.1 Å². The number of carbonyl (C=O) groups excluding carboxylic acids is 1. The number of esters is 1. The van der Waals surface area contributed by atoms with E-state index in [0.29, 0.717) is 5.56 Å². The molecule has 1 aliphatic rings. The molecule has 11 heteroatoms. The summed E-state index contributed by atoms with van der Waals surface area (Å²) in [5.41, 5.74) is -0.0164. The summed E-state index contributed by atoms with van der Waals surface area (Å²) < 4.78 is 42.2. The molecule has 1 aromatic heterocycles. The molecule has 1 N–H and O–H groups in total. The highest BCUT2D eigenvalue weighted by Crippen LogP contribution is 2.31. The normalized spacial score (nSPS) is 21.5. The van der Waals surface area contributed by atoms with Crippen molar-refractivity contribution in [1.29, 1.82) is 0 Å². The second-order valence-corrected chi connectivity index (χ2v) is 8.66. The van der Waals surface area contributed by atoms with Crippen LogP contribution < -0.4 is 11.2 Å². The Labute approximate surface area is 172 Å². The molecule has 3 rings (SSSR count). The predicted octanol–water partition coefficient (Wildman–Crippen LogP) is 0.778. The number of rotatable bonds is 6.